The highest BCUT2D eigenvalue weighted by molar-refractivity contribution is 7.89. The number of methoxy groups -OCH3 is 2. The van der Waals surface area contributed by atoms with E-state index in [1.165, 1.54) is 26.4 Å². The number of anilines is 1. The predicted octanol–water partition coefficient (Wildman–Crippen LogP) is 3.38. The molecule has 2 aromatic carbocycles. The molecule has 1 fully saturated rings. The number of primary sulfonamides is 1. The zero-order valence-corrected chi connectivity index (χ0v) is 18.1. The number of sulfonamides is 1. The van der Waals surface area contributed by atoms with Crippen LogP contribution in [0.5, 0.6) is 11.5 Å². The molecule has 0 spiro atoms. The molecule has 0 bridgehead atoms. The van der Waals surface area contributed by atoms with Crippen molar-refractivity contribution >= 4 is 33.2 Å². The normalized spacial score (nSPS) is 20.1. The Kier molecular flexibility index (Phi) is 5.55. The number of nitrogens with two attached hydrogens (primary N) is 1. The highest BCUT2D eigenvalue weighted by Crippen LogP contribution is 2.64. The van der Waals surface area contributed by atoms with Crippen LogP contribution < -0.4 is 19.9 Å². The second-order valence-corrected chi connectivity index (χ2v) is 9.54. The Balaban J connectivity index is 1.83. The maximum absolute atomic E-state index is 13.0. The quantitative estimate of drug-likeness (QED) is 0.718. The molecule has 1 aliphatic carbocycles. The molecule has 0 saturated heterocycles. The van der Waals surface area contributed by atoms with Crippen molar-refractivity contribution in [1.29, 1.82) is 0 Å². The highest BCUT2D eigenvalue weighted by Gasteiger charge is 2.62. The standard InChI is InChI=1S/C20H23ClN2O5S/c1-20(2)17(11-5-7-12(8-6-11)29(22,25)26)18(20)19(24)23-14-9-13(21)15(27-3)10-16(14)28-4/h5-10,17-18H,1-4H3,(H,23,24)(H2,22,25,26)/t17-,18+/m0/s1. The Hall–Kier alpha value is -2.29. The van der Waals surface area contributed by atoms with Gasteiger partial charge < -0.3 is 14.8 Å². The molecular weight excluding hydrogens is 416 g/mol. The molecule has 1 saturated carbocycles. The second kappa shape index (κ2) is 7.51. The van der Waals surface area contributed by atoms with Crippen LogP contribution in [0.2, 0.25) is 5.02 Å². The summed E-state index contributed by atoms with van der Waals surface area (Å²) in [5.41, 5.74) is 1.04. The molecule has 2 aromatic rings. The van der Waals surface area contributed by atoms with Crippen molar-refractivity contribution in [3.05, 3.63) is 47.0 Å². The summed E-state index contributed by atoms with van der Waals surface area (Å²) in [6.45, 7) is 3.99. The van der Waals surface area contributed by atoms with E-state index in [4.69, 9.17) is 26.2 Å². The number of hydrogen-bond acceptors (Lipinski definition) is 5. The summed E-state index contributed by atoms with van der Waals surface area (Å²) in [6.07, 6.45) is 0. The first-order chi connectivity index (χ1) is 13.5. The van der Waals surface area contributed by atoms with Crippen LogP contribution in [0.4, 0.5) is 5.69 Å². The molecule has 3 rings (SSSR count). The first kappa shape index (κ1) is 21.4. The van der Waals surface area contributed by atoms with Gasteiger partial charge in [0, 0.05) is 12.0 Å². The van der Waals surface area contributed by atoms with Gasteiger partial charge in [-0.3, -0.25) is 4.79 Å². The van der Waals surface area contributed by atoms with Gasteiger partial charge in [-0.05, 0) is 29.2 Å². The molecule has 2 atom stereocenters. The summed E-state index contributed by atoms with van der Waals surface area (Å²) in [5.74, 6) is 0.355. The smallest absolute Gasteiger partial charge is 0.238 e. The minimum atomic E-state index is -3.76. The van der Waals surface area contributed by atoms with Gasteiger partial charge in [-0.2, -0.15) is 0 Å². The van der Waals surface area contributed by atoms with E-state index in [-0.39, 0.29) is 28.1 Å². The van der Waals surface area contributed by atoms with Gasteiger partial charge >= 0.3 is 0 Å². The van der Waals surface area contributed by atoms with E-state index in [2.05, 4.69) is 5.32 Å². The number of carbonyl (C=O) groups excluding carboxylic acids is 1. The first-order valence-corrected chi connectivity index (χ1v) is 10.8. The van der Waals surface area contributed by atoms with Crippen molar-refractivity contribution in [2.75, 3.05) is 19.5 Å². The van der Waals surface area contributed by atoms with Crippen LogP contribution in [0.25, 0.3) is 0 Å². The van der Waals surface area contributed by atoms with E-state index < -0.39 is 10.0 Å². The van der Waals surface area contributed by atoms with Crippen LogP contribution in [-0.4, -0.2) is 28.5 Å². The topological polar surface area (TPSA) is 108 Å². The minimum absolute atomic E-state index is 0.0401. The molecule has 0 unspecified atom stereocenters. The summed E-state index contributed by atoms with van der Waals surface area (Å²) in [6, 6.07) is 9.51. The summed E-state index contributed by atoms with van der Waals surface area (Å²) in [4.78, 5) is 13.0. The average molecular weight is 439 g/mol. The molecule has 29 heavy (non-hydrogen) atoms. The maximum Gasteiger partial charge on any atom is 0.238 e. The summed E-state index contributed by atoms with van der Waals surface area (Å²) in [5, 5.41) is 8.39. The van der Waals surface area contributed by atoms with Crippen molar-refractivity contribution < 1.29 is 22.7 Å². The second-order valence-electron chi connectivity index (χ2n) is 7.57. The molecule has 0 radical (unpaired) electrons. The van der Waals surface area contributed by atoms with E-state index >= 15 is 0 Å². The lowest BCUT2D eigenvalue weighted by atomic mass is 10.0. The van der Waals surface area contributed by atoms with Gasteiger partial charge in [-0.25, -0.2) is 13.6 Å². The largest absolute Gasteiger partial charge is 0.495 e. The molecule has 0 aliphatic heterocycles. The van der Waals surface area contributed by atoms with Gasteiger partial charge in [0.05, 0.1) is 35.7 Å². The fourth-order valence-corrected chi connectivity index (χ4v) is 4.54. The third kappa shape index (κ3) is 4.05. The van der Waals surface area contributed by atoms with Crippen LogP contribution in [0, 0.1) is 11.3 Å². The number of halogens is 1. The van der Waals surface area contributed by atoms with Gasteiger partial charge in [0.15, 0.2) is 0 Å². The number of ether oxygens (including phenoxy) is 2. The molecule has 0 aromatic heterocycles. The molecule has 156 valence electrons. The van der Waals surface area contributed by atoms with Crippen molar-refractivity contribution in [3.8, 4) is 11.5 Å². The Labute approximate surface area is 175 Å². The molecule has 1 aliphatic rings. The van der Waals surface area contributed by atoms with Crippen LogP contribution in [0.1, 0.15) is 25.3 Å². The summed E-state index contributed by atoms with van der Waals surface area (Å²) < 4.78 is 33.4. The van der Waals surface area contributed by atoms with Gasteiger partial charge in [-0.1, -0.05) is 37.6 Å². The van der Waals surface area contributed by atoms with E-state index in [1.54, 1.807) is 24.3 Å². The van der Waals surface area contributed by atoms with Crippen molar-refractivity contribution in [1.82, 2.24) is 0 Å². The highest BCUT2D eigenvalue weighted by atomic mass is 35.5. The zero-order chi connectivity index (χ0) is 21.6. The van der Waals surface area contributed by atoms with Crippen molar-refractivity contribution in [3.63, 3.8) is 0 Å². The van der Waals surface area contributed by atoms with E-state index in [9.17, 15) is 13.2 Å². The predicted molar refractivity (Wildman–Crippen MR) is 111 cm³/mol. The van der Waals surface area contributed by atoms with Gasteiger partial charge in [0.2, 0.25) is 15.9 Å². The Bertz CT molecular complexity index is 1050. The first-order valence-electron chi connectivity index (χ1n) is 8.86. The van der Waals surface area contributed by atoms with Crippen molar-refractivity contribution in [2.45, 2.75) is 24.7 Å². The molecule has 0 heterocycles. The number of nitrogens with one attached hydrogen (secondary N) is 1. The molecule has 3 N–H and O–H groups in total. The monoisotopic (exact) mass is 438 g/mol. The van der Waals surface area contributed by atoms with Gasteiger partial charge in [-0.15, -0.1) is 0 Å². The molecular formula is C20H23ClN2O5S. The van der Waals surface area contributed by atoms with Crippen LogP contribution in [0.15, 0.2) is 41.3 Å². The Morgan fingerprint density at radius 2 is 1.69 bits per heavy atom. The Morgan fingerprint density at radius 3 is 2.21 bits per heavy atom. The van der Waals surface area contributed by atoms with Crippen molar-refractivity contribution in [2.24, 2.45) is 16.5 Å². The fourth-order valence-electron chi connectivity index (χ4n) is 3.78. The van der Waals surface area contributed by atoms with Crippen LogP contribution >= 0.6 is 11.6 Å². The SMILES string of the molecule is COc1cc(OC)c(NC(=O)[C@H]2[C@H](c3ccc(S(N)(=O)=O)cc3)C2(C)C)cc1Cl. The van der Waals surface area contributed by atoms with E-state index in [0.717, 1.165) is 5.56 Å². The number of rotatable bonds is 6. The van der Waals surface area contributed by atoms with Gasteiger partial charge in [0.1, 0.15) is 11.5 Å². The molecule has 9 heteroatoms. The molecule has 7 nitrogen and oxygen atoms in total. The van der Waals surface area contributed by atoms with E-state index in [1.807, 2.05) is 13.8 Å². The van der Waals surface area contributed by atoms with E-state index in [0.29, 0.717) is 22.2 Å². The third-order valence-electron chi connectivity index (χ3n) is 5.41. The number of benzene rings is 2. The lowest BCUT2D eigenvalue weighted by molar-refractivity contribution is -0.118. The number of carbonyl (C=O) groups is 1. The average Bonchev–Trinajstić information content (AvgIpc) is 3.23. The maximum atomic E-state index is 13.0. The van der Waals surface area contributed by atoms with Crippen LogP contribution in [0.3, 0.4) is 0 Å². The summed E-state index contributed by atoms with van der Waals surface area (Å²) >= 11 is 6.18. The third-order valence-corrected chi connectivity index (χ3v) is 6.63. The van der Waals surface area contributed by atoms with Gasteiger partial charge in [0.25, 0.3) is 0 Å². The lowest BCUT2D eigenvalue weighted by Crippen LogP contribution is -2.17. The number of hydrogen-bond donors (Lipinski definition) is 2. The lowest BCUT2D eigenvalue weighted by Gasteiger charge is -2.13. The van der Waals surface area contributed by atoms with Crippen LogP contribution in [-0.2, 0) is 14.8 Å². The Morgan fingerprint density at radius 1 is 1.10 bits per heavy atom. The molecule has 1 amide bonds. The number of amides is 1. The minimum Gasteiger partial charge on any atom is -0.495 e. The fraction of sp³-hybridized carbons (Fsp3) is 0.350. The summed E-state index contributed by atoms with van der Waals surface area (Å²) in [7, 11) is -0.765. The zero-order valence-electron chi connectivity index (χ0n) is 16.5.